The molecule has 0 atom stereocenters. The molecule has 0 bridgehead atoms. The van der Waals surface area contributed by atoms with E-state index in [0.717, 1.165) is 55.5 Å². The normalized spacial score (nSPS) is 16.8. The van der Waals surface area contributed by atoms with E-state index in [9.17, 15) is 9.59 Å². The van der Waals surface area contributed by atoms with Crippen molar-refractivity contribution in [3.63, 3.8) is 0 Å². The fraction of sp³-hybridized carbons (Fsp3) is 0.333. The third-order valence-corrected chi connectivity index (χ3v) is 9.67. The number of carbonyl (C=O) groups excluding carboxylic acids is 1. The van der Waals surface area contributed by atoms with Crippen molar-refractivity contribution in [2.24, 2.45) is 0 Å². The van der Waals surface area contributed by atoms with E-state index in [2.05, 4.69) is 27.2 Å². The van der Waals surface area contributed by atoms with Gasteiger partial charge in [0.25, 0.3) is 5.91 Å². The highest BCUT2D eigenvalue weighted by molar-refractivity contribution is 8.00. The van der Waals surface area contributed by atoms with Crippen LogP contribution in [0.3, 0.4) is 0 Å². The van der Waals surface area contributed by atoms with E-state index < -0.39 is 11.2 Å². The molecule has 4 aromatic rings. The molecule has 4 heterocycles. The third kappa shape index (κ3) is 5.39. The van der Waals surface area contributed by atoms with Gasteiger partial charge in [0.15, 0.2) is 0 Å². The smallest absolute Gasteiger partial charge is 0.259 e. The molecular weight excluding hydrogens is 565 g/mol. The predicted molar refractivity (Wildman–Crippen MR) is 169 cm³/mol. The molecule has 8 nitrogen and oxygen atoms in total. The molecule has 2 fully saturated rings. The van der Waals surface area contributed by atoms with Gasteiger partial charge in [0, 0.05) is 62.6 Å². The van der Waals surface area contributed by atoms with Crippen molar-refractivity contribution >= 4 is 39.9 Å². The largest absolute Gasteiger partial charge is 0.382 e. The number of rotatable bonds is 7. The van der Waals surface area contributed by atoms with Gasteiger partial charge in [0.1, 0.15) is 11.4 Å². The van der Waals surface area contributed by atoms with Crippen molar-refractivity contribution in [3.05, 3.63) is 88.5 Å². The van der Waals surface area contributed by atoms with E-state index in [1.165, 1.54) is 17.8 Å². The number of nitrogens with zero attached hydrogens (tertiary/aromatic N) is 4. The van der Waals surface area contributed by atoms with Crippen molar-refractivity contribution in [2.75, 3.05) is 75.8 Å². The molecule has 3 aromatic carbocycles. The maximum atomic E-state index is 15.8. The second-order valence-corrected chi connectivity index (χ2v) is 12.2. The van der Waals surface area contributed by atoms with Crippen LogP contribution in [0.2, 0.25) is 0 Å². The first-order valence-electron chi connectivity index (χ1n) is 14.9. The number of carbonyl (C=O) groups is 1. The highest BCUT2D eigenvalue weighted by Crippen LogP contribution is 2.46. The molecule has 7 rings (SSSR count). The predicted octanol–water partition coefficient (Wildman–Crippen LogP) is 4.69. The number of fused-ring (bicyclic) bond motifs is 2. The summed E-state index contributed by atoms with van der Waals surface area (Å²) < 4.78 is 23.1. The molecule has 0 spiro atoms. The first-order chi connectivity index (χ1) is 21.1. The molecule has 1 N–H and O–H groups in total. The first-order valence-corrected chi connectivity index (χ1v) is 15.7. The van der Waals surface area contributed by atoms with Gasteiger partial charge in [-0.3, -0.25) is 14.5 Å². The van der Waals surface area contributed by atoms with E-state index in [0.29, 0.717) is 48.8 Å². The number of morpholine rings is 1. The Balaban J connectivity index is 1.20. The number of hydrogen-bond donors (Lipinski definition) is 1. The summed E-state index contributed by atoms with van der Waals surface area (Å²) in [5.41, 5.74) is 2.67. The van der Waals surface area contributed by atoms with Crippen LogP contribution < -0.4 is 15.6 Å². The van der Waals surface area contributed by atoms with Crippen molar-refractivity contribution in [2.45, 2.75) is 16.2 Å². The molecule has 10 heteroatoms. The highest BCUT2D eigenvalue weighted by atomic mass is 32.2. The number of amides is 1. The van der Waals surface area contributed by atoms with Crippen LogP contribution >= 0.6 is 11.8 Å². The van der Waals surface area contributed by atoms with Crippen molar-refractivity contribution in [3.8, 4) is 5.69 Å². The Morgan fingerprint density at radius 1 is 0.953 bits per heavy atom. The summed E-state index contributed by atoms with van der Waals surface area (Å²) in [6.07, 6.45) is 2.52. The minimum Gasteiger partial charge on any atom is -0.382 e. The quantitative estimate of drug-likeness (QED) is 0.272. The lowest BCUT2D eigenvalue weighted by Crippen LogP contribution is -2.49. The second kappa shape index (κ2) is 12.0. The molecule has 222 valence electrons. The Kier molecular flexibility index (Phi) is 7.81. The van der Waals surface area contributed by atoms with Crippen LogP contribution in [0.5, 0.6) is 0 Å². The summed E-state index contributed by atoms with van der Waals surface area (Å²) in [7, 11) is 0. The molecule has 1 amide bonds. The molecule has 0 unspecified atom stereocenters. The standard InChI is InChI=1S/C33H34FN5O3S/c34-26-21-24-30-32(29(26)35-11-6-12-36-17-19-42-20-18-36)43-28-10-5-4-9-27(28)39(30)22-25(31(24)40)33(41)38-15-13-37(14-16-38)23-7-2-1-3-8-23/h1-5,7-10,21-22,35H,6,11-20H2. The Bertz CT molecular complexity index is 1720. The van der Waals surface area contributed by atoms with Crippen LogP contribution in [0.4, 0.5) is 15.8 Å². The summed E-state index contributed by atoms with van der Waals surface area (Å²) in [6.45, 7) is 7.20. The topological polar surface area (TPSA) is 70.0 Å². The minimum atomic E-state index is -0.481. The molecule has 0 saturated carbocycles. The van der Waals surface area contributed by atoms with Gasteiger partial charge < -0.3 is 24.4 Å². The van der Waals surface area contributed by atoms with Crippen LogP contribution in [-0.2, 0) is 4.74 Å². The third-order valence-electron chi connectivity index (χ3n) is 8.51. The fourth-order valence-corrected chi connectivity index (χ4v) is 7.42. The van der Waals surface area contributed by atoms with E-state index in [4.69, 9.17) is 4.74 Å². The Morgan fingerprint density at radius 2 is 1.70 bits per heavy atom. The number of anilines is 2. The van der Waals surface area contributed by atoms with Crippen LogP contribution in [0, 0.1) is 5.82 Å². The zero-order valence-electron chi connectivity index (χ0n) is 23.9. The molecular formula is C33H34FN5O3S. The lowest BCUT2D eigenvalue weighted by Gasteiger charge is -2.36. The summed E-state index contributed by atoms with van der Waals surface area (Å²) >= 11 is 1.46. The maximum absolute atomic E-state index is 15.8. The number of benzene rings is 3. The van der Waals surface area contributed by atoms with Crippen LogP contribution in [0.25, 0.3) is 16.6 Å². The fourth-order valence-electron chi connectivity index (χ4n) is 6.20. The number of aromatic nitrogens is 1. The van der Waals surface area contributed by atoms with Crippen LogP contribution in [0.15, 0.2) is 81.4 Å². The van der Waals surface area contributed by atoms with E-state index in [-0.39, 0.29) is 16.9 Å². The van der Waals surface area contributed by atoms with Gasteiger partial charge in [-0.1, -0.05) is 42.1 Å². The van der Waals surface area contributed by atoms with E-state index in [1.54, 1.807) is 11.1 Å². The van der Waals surface area contributed by atoms with Crippen molar-refractivity contribution < 1.29 is 13.9 Å². The number of para-hydroxylation sites is 2. The average Bonchev–Trinajstić information content (AvgIpc) is 3.06. The van der Waals surface area contributed by atoms with Crippen molar-refractivity contribution in [1.29, 1.82) is 0 Å². The molecule has 3 aliphatic heterocycles. The summed E-state index contributed by atoms with van der Waals surface area (Å²) in [6, 6.07) is 19.3. The van der Waals surface area contributed by atoms with Gasteiger partial charge in [-0.25, -0.2) is 4.39 Å². The number of pyridine rings is 1. The maximum Gasteiger partial charge on any atom is 0.259 e. The molecule has 2 saturated heterocycles. The molecule has 0 radical (unpaired) electrons. The van der Waals surface area contributed by atoms with Gasteiger partial charge in [0.2, 0.25) is 5.43 Å². The summed E-state index contributed by atoms with van der Waals surface area (Å²) in [4.78, 5) is 35.6. The van der Waals surface area contributed by atoms with Gasteiger partial charge in [-0.2, -0.15) is 0 Å². The summed E-state index contributed by atoms with van der Waals surface area (Å²) in [5, 5.41) is 3.56. The monoisotopic (exact) mass is 599 g/mol. The Morgan fingerprint density at radius 3 is 2.49 bits per heavy atom. The molecule has 0 aliphatic carbocycles. The number of hydrogen-bond acceptors (Lipinski definition) is 7. The van der Waals surface area contributed by atoms with Gasteiger partial charge in [-0.05, 0) is 43.3 Å². The first kappa shape index (κ1) is 27.9. The van der Waals surface area contributed by atoms with E-state index >= 15 is 4.39 Å². The number of nitrogens with one attached hydrogen (secondary N) is 1. The lowest BCUT2D eigenvalue weighted by atomic mass is 10.1. The highest BCUT2D eigenvalue weighted by Gasteiger charge is 2.30. The number of piperazine rings is 1. The Hall–Kier alpha value is -3.86. The molecule has 43 heavy (non-hydrogen) atoms. The minimum absolute atomic E-state index is 0.0685. The second-order valence-electron chi connectivity index (χ2n) is 11.1. The van der Waals surface area contributed by atoms with E-state index in [1.807, 2.05) is 47.0 Å². The van der Waals surface area contributed by atoms with Gasteiger partial charge in [0.05, 0.1) is 40.4 Å². The molecule has 1 aromatic heterocycles. The summed E-state index contributed by atoms with van der Waals surface area (Å²) in [5.74, 6) is -0.795. The van der Waals surface area contributed by atoms with Crippen LogP contribution in [-0.4, -0.2) is 85.8 Å². The van der Waals surface area contributed by atoms with Gasteiger partial charge in [-0.15, -0.1) is 0 Å². The SMILES string of the molecule is O=C(c1cn2c3c(c(NCCCN4CCOCC4)c(F)cc3c1=O)Sc1ccccc1-2)N1CCN(c2ccccc2)CC1. The van der Waals surface area contributed by atoms with Crippen molar-refractivity contribution in [1.82, 2.24) is 14.4 Å². The molecule has 3 aliphatic rings. The number of halogens is 1. The van der Waals surface area contributed by atoms with Crippen LogP contribution in [0.1, 0.15) is 16.8 Å². The zero-order chi connectivity index (χ0) is 29.3. The zero-order valence-corrected chi connectivity index (χ0v) is 24.7. The average molecular weight is 600 g/mol. The Labute approximate surface area is 254 Å². The lowest BCUT2D eigenvalue weighted by molar-refractivity contribution is 0.0378. The van der Waals surface area contributed by atoms with Gasteiger partial charge >= 0.3 is 0 Å². The number of ether oxygens (including phenoxy) is 1.